The number of hydrogen-bond donors (Lipinski definition) is 1. The predicted molar refractivity (Wildman–Crippen MR) is 100 cm³/mol. The normalized spacial score (nSPS) is 11.0. The first-order valence-corrected chi connectivity index (χ1v) is 8.74. The zero-order valence-electron chi connectivity index (χ0n) is 13.4. The summed E-state index contributed by atoms with van der Waals surface area (Å²) < 4.78 is 19.4. The van der Waals surface area contributed by atoms with Gasteiger partial charge in [-0.2, -0.15) is 5.10 Å². The molecule has 0 spiro atoms. The van der Waals surface area contributed by atoms with E-state index in [0.717, 1.165) is 16.4 Å². The molecule has 0 bridgehead atoms. The third-order valence-electron chi connectivity index (χ3n) is 3.30. The Hall–Kier alpha value is -2.44. The molecule has 0 atom stereocenters. The second-order valence-electron chi connectivity index (χ2n) is 5.23. The van der Waals surface area contributed by atoms with E-state index in [1.165, 1.54) is 17.4 Å². The fourth-order valence-electron chi connectivity index (χ4n) is 2.04. The van der Waals surface area contributed by atoms with Gasteiger partial charge >= 0.3 is 0 Å². The summed E-state index contributed by atoms with van der Waals surface area (Å²) in [5.41, 5.74) is 5.16. The molecule has 0 aliphatic carbocycles. The number of anilines is 1. The van der Waals surface area contributed by atoms with Crippen LogP contribution >= 0.6 is 22.9 Å². The second kappa shape index (κ2) is 8.09. The van der Waals surface area contributed by atoms with Gasteiger partial charge in [-0.15, -0.1) is 11.3 Å². The van der Waals surface area contributed by atoms with E-state index in [9.17, 15) is 4.39 Å². The van der Waals surface area contributed by atoms with Gasteiger partial charge < -0.3 is 4.74 Å². The number of hydrazone groups is 1. The van der Waals surface area contributed by atoms with Gasteiger partial charge in [0.15, 0.2) is 0 Å². The topological polar surface area (TPSA) is 46.5 Å². The monoisotopic (exact) mass is 375 g/mol. The zero-order chi connectivity index (χ0) is 17.6. The molecule has 0 aliphatic rings. The van der Waals surface area contributed by atoms with Gasteiger partial charge in [-0.25, -0.2) is 9.37 Å². The van der Waals surface area contributed by atoms with Crippen molar-refractivity contribution in [3.8, 4) is 5.75 Å². The molecular formula is C18H15ClFN3OS. The minimum absolute atomic E-state index is 0.0931. The molecule has 4 nitrogen and oxygen atoms in total. The Bertz CT molecular complexity index is 880. The van der Waals surface area contributed by atoms with E-state index in [4.69, 9.17) is 16.3 Å². The van der Waals surface area contributed by atoms with Crippen LogP contribution in [0.4, 0.5) is 9.52 Å². The summed E-state index contributed by atoms with van der Waals surface area (Å²) in [5, 5.41) is 6.93. The standard InChI is InChI=1S/C18H15ClFN3OS/c1-12-11-25-18(22-12)23-21-9-13-5-7-15(8-6-13)24-10-14-3-2-4-16(19)17(14)20/h2-9,11H,10H2,1H3,(H,22,23). The van der Waals surface area contributed by atoms with Crippen molar-refractivity contribution in [2.45, 2.75) is 13.5 Å². The number of nitrogens with one attached hydrogen (secondary N) is 1. The van der Waals surface area contributed by atoms with Crippen molar-refractivity contribution in [3.63, 3.8) is 0 Å². The van der Waals surface area contributed by atoms with Crippen LogP contribution in [0.2, 0.25) is 5.02 Å². The Kier molecular flexibility index (Phi) is 5.63. The van der Waals surface area contributed by atoms with Crippen LogP contribution in [0.5, 0.6) is 5.75 Å². The molecule has 2 aromatic carbocycles. The molecule has 1 aromatic heterocycles. The first-order valence-electron chi connectivity index (χ1n) is 7.49. The van der Waals surface area contributed by atoms with Crippen LogP contribution in [0.3, 0.4) is 0 Å². The van der Waals surface area contributed by atoms with Crippen LogP contribution in [0.25, 0.3) is 0 Å². The average Bonchev–Trinajstić information content (AvgIpc) is 3.03. The molecular weight excluding hydrogens is 361 g/mol. The van der Waals surface area contributed by atoms with Gasteiger partial charge in [0.2, 0.25) is 5.13 Å². The van der Waals surface area contributed by atoms with E-state index in [0.29, 0.717) is 11.3 Å². The Labute approximate surface area is 153 Å². The molecule has 0 saturated carbocycles. The maximum Gasteiger partial charge on any atom is 0.203 e. The van der Waals surface area contributed by atoms with Gasteiger partial charge in [0, 0.05) is 10.9 Å². The van der Waals surface area contributed by atoms with E-state index in [-0.39, 0.29) is 11.6 Å². The number of rotatable bonds is 6. The molecule has 3 aromatic rings. The number of hydrogen-bond acceptors (Lipinski definition) is 5. The number of thiazole rings is 1. The maximum atomic E-state index is 13.8. The van der Waals surface area contributed by atoms with Gasteiger partial charge in [-0.1, -0.05) is 23.7 Å². The van der Waals surface area contributed by atoms with Crippen molar-refractivity contribution in [3.05, 3.63) is 75.5 Å². The molecule has 0 amide bonds. The van der Waals surface area contributed by atoms with Crippen molar-refractivity contribution in [1.82, 2.24) is 4.98 Å². The predicted octanol–water partition coefficient (Wildman–Crippen LogP) is 5.27. The number of benzene rings is 2. The second-order valence-corrected chi connectivity index (χ2v) is 6.50. The van der Waals surface area contributed by atoms with Gasteiger partial charge in [0.1, 0.15) is 18.2 Å². The van der Waals surface area contributed by atoms with Crippen LogP contribution in [0.15, 0.2) is 52.9 Å². The summed E-state index contributed by atoms with van der Waals surface area (Å²) in [6, 6.07) is 12.2. The van der Waals surface area contributed by atoms with Crippen molar-refractivity contribution < 1.29 is 9.13 Å². The molecule has 0 unspecified atom stereocenters. The molecule has 1 heterocycles. The van der Waals surface area contributed by atoms with E-state index >= 15 is 0 Å². The number of aromatic nitrogens is 1. The molecule has 25 heavy (non-hydrogen) atoms. The van der Waals surface area contributed by atoms with Crippen molar-refractivity contribution in [2.24, 2.45) is 5.10 Å². The number of aryl methyl sites for hydroxylation is 1. The summed E-state index contributed by atoms with van der Waals surface area (Å²) in [5.74, 6) is 0.191. The van der Waals surface area contributed by atoms with E-state index in [1.807, 2.05) is 24.4 Å². The number of ether oxygens (including phenoxy) is 1. The van der Waals surface area contributed by atoms with E-state index in [1.54, 1.807) is 30.5 Å². The number of halogens is 2. The highest BCUT2D eigenvalue weighted by molar-refractivity contribution is 7.13. The summed E-state index contributed by atoms with van der Waals surface area (Å²) in [6.45, 7) is 2.05. The van der Waals surface area contributed by atoms with E-state index < -0.39 is 5.82 Å². The largest absolute Gasteiger partial charge is 0.489 e. The van der Waals surface area contributed by atoms with Crippen LogP contribution in [-0.2, 0) is 6.61 Å². The van der Waals surface area contributed by atoms with Crippen LogP contribution in [0.1, 0.15) is 16.8 Å². The molecule has 0 radical (unpaired) electrons. The van der Waals surface area contributed by atoms with Crippen LogP contribution in [0, 0.1) is 12.7 Å². The quantitative estimate of drug-likeness (QED) is 0.471. The molecule has 3 rings (SSSR count). The van der Waals surface area contributed by atoms with Gasteiger partial charge in [0.05, 0.1) is 16.9 Å². The third kappa shape index (κ3) is 4.78. The fourth-order valence-corrected chi connectivity index (χ4v) is 2.87. The summed E-state index contributed by atoms with van der Waals surface area (Å²) in [7, 11) is 0. The minimum Gasteiger partial charge on any atom is -0.489 e. The lowest BCUT2D eigenvalue weighted by atomic mass is 10.2. The van der Waals surface area contributed by atoms with Crippen molar-refractivity contribution in [2.75, 3.05) is 5.43 Å². The van der Waals surface area contributed by atoms with E-state index in [2.05, 4.69) is 15.5 Å². The molecule has 0 fully saturated rings. The summed E-state index contributed by atoms with van der Waals surface area (Å²) in [6.07, 6.45) is 1.69. The lowest BCUT2D eigenvalue weighted by Gasteiger charge is -2.08. The Morgan fingerprint density at radius 2 is 2.08 bits per heavy atom. The Balaban J connectivity index is 1.55. The highest BCUT2D eigenvalue weighted by atomic mass is 35.5. The molecule has 0 saturated heterocycles. The Morgan fingerprint density at radius 3 is 2.80 bits per heavy atom. The summed E-state index contributed by atoms with van der Waals surface area (Å²) in [4.78, 5) is 4.26. The van der Waals surface area contributed by atoms with Crippen LogP contribution < -0.4 is 10.2 Å². The Morgan fingerprint density at radius 1 is 1.28 bits per heavy atom. The lowest BCUT2D eigenvalue weighted by Crippen LogP contribution is -1.99. The zero-order valence-corrected chi connectivity index (χ0v) is 14.9. The molecule has 0 aliphatic heterocycles. The molecule has 7 heteroatoms. The fraction of sp³-hybridized carbons (Fsp3) is 0.111. The highest BCUT2D eigenvalue weighted by Gasteiger charge is 2.06. The first kappa shape index (κ1) is 17.4. The summed E-state index contributed by atoms with van der Waals surface area (Å²) >= 11 is 7.25. The smallest absolute Gasteiger partial charge is 0.203 e. The average molecular weight is 376 g/mol. The van der Waals surface area contributed by atoms with Gasteiger partial charge in [-0.3, -0.25) is 5.43 Å². The first-order chi connectivity index (χ1) is 12.1. The lowest BCUT2D eigenvalue weighted by molar-refractivity contribution is 0.300. The third-order valence-corrected chi connectivity index (χ3v) is 4.46. The molecule has 1 N–H and O–H groups in total. The van der Waals surface area contributed by atoms with Crippen LogP contribution in [-0.4, -0.2) is 11.2 Å². The van der Waals surface area contributed by atoms with Gasteiger partial charge in [0.25, 0.3) is 0 Å². The molecule has 128 valence electrons. The highest BCUT2D eigenvalue weighted by Crippen LogP contribution is 2.20. The van der Waals surface area contributed by atoms with Crippen molar-refractivity contribution >= 4 is 34.3 Å². The van der Waals surface area contributed by atoms with Crippen molar-refractivity contribution in [1.29, 1.82) is 0 Å². The van der Waals surface area contributed by atoms with Gasteiger partial charge in [-0.05, 0) is 42.8 Å². The minimum atomic E-state index is -0.448. The maximum absolute atomic E-state index is 13.8. The SMILES string of the molecule is Cc1csc(NN=Cc2ccc(OCc3cccc(Cl)c3F)cc2)n1. The number of nitrogens with zero attached hydrogens (tertiary/aromatic N) is 2.